The zero-order valence-corrected chi connectivity index (χ0v) is 5.52. The van der Waals surface area contributed by atoms with E-state index in [1.807, 2.05) is 0 Å². The molecule has 5 nitrogen and oxygen atoms in total. The summed E-state index contributed by atoms with van der Waals surface area (Å²) in [6.07, 6.45) is 0.482. The van der Waals surface area contributed by atoms with Crippen molar-refractivity contribution in [2.75, 3.05) is 6.54 Å². The van der Waals surface area contributed by atoms with Crippen molar-refractivity contribution in [2.24, 2.45) is 0 Å². The van der Waals surface area contributed by atoms with Crippen molar-refractivity contribution in [1.82, 2.24) is 27.0 Å². The number of hydrogen-bond donors (Lipinski definition) is 5. The molecule has 0 saturated carbocycles. The Bertz CT molecular complexity index is 142. The maximum absolute atomic E-state index is 3.37. The van der Waals surface area contributed by atoms with E-state index < -0.39 is 0 Å². The van der Waals surface area contributed by atoms with Crippen molar-refractivity contribution in [3.63, 3.8) is 0 Å². The molecule has 56 valence electrons. The van der Waals surface area contributed by atoms with Crippen LogP contribution in [0.25, 0.3) is 0 Å². The van der Waals surface area contributed by atoms with Crippen molar-refractivity contribution < 1.29 is 0 Å². The first kappa shape index (κ1) is 5.45. The van der Waals surface area contributed by atoms with E-state index in [0.717, 1.165) is 6.54 Å². The molecule has 0 aromatic heterocycles. The van der Waals surface area contributed by atoms with Crippen LogP contribution in [-0.2, 0) is 0 Å². The van der Waals surface area contributed by atoms with Crippen LogP contribution in [0.4, 0.5) is 0 Å². The first-order chi connectivity index (χ1) is 4.95. The Morgan fingerprint density at radius 1 is 0.900 bits per heavy atom. The summed E-state index contributed by atoms with van der Waals surface area (Å²) in [5, 5.41) is 3.37. The van der Waals surface area contributed by atoms with Crippen LogP contribution < -0.4 is 27.0 Å². The molecule has 0 bridgehead atoms. The van der Waals surface area contributed by atoms with Gasteiger partial charge in [0.2, 0.25) is 0 Å². The Morgan fingerprint density at radius 3 is 2.30 bits per heavy atom. The maximum atomic E-state index is 3.37. The van der Waals surface area contributed by atoms with Crippen molar-refractivity contribution in [3.8, 4) is 0 Å². The first-order valence-electron chi connectivity index (χ1n) is 3.71. The minimum absolute atomic E-state index is 0.482. The second kappa shape index (κ2) is 1.69. The third-order valence-electron chi connectivity index (χ3n) is 2.58. The summed E-state index contributed by atoms with van der Waals surface area (Å²) >= 11 is 0. The maximum Gasteiger partial charge on any atom is 0.0890 e. The van der Waals surface area contributed by atoms with E-state index in [1.165, 1.54) is 0 Å². The molecule has 10 heavy (non-hydrogen) atoms. The van der Waals surface area contributed by atoms with Crippen LogP contribution in [0.3, 0.4) is 0 Å². The Balaban J connectivity index is 1.78. The molecule has 3 rings (SSSR count). The van der Waals surface area contributed by atoms with E-state index >= 15 is 0 Å². The van der Waals surface area contributed by atoms with Gasteiger partial charge in [-0.3, -0.25) is 16.2 Å². The highest BCUT2D eigenvalue weighted by Gasteiger charge is 2.48. The lowest BCUT2D eigenvalue weighted by molar-refractivity contribution is 0.0121. The first-order valence-corrected chi connectivity index (χ1v) is 3.71. The van der Waals surface area contributed by atoms with Gasteiger partial charge < -0.3 is 0 Å². The number of hydrazine groups is 2. The van der Waals surface area contributed by atoms with Gasteiger partial charge >= 0.3 is 0 Å². The second-order valence-electron chi connectivity index (χ2n) is 3.12. The van der Waals surface area contributed by atoms with Crippen molar-refractivity contribution >= 4 is 0 Å². The Hall–Kier alpha value is -0.200. The van der Waals surface area contributed by atoms with E-state index in [-0.39, 0.29) is 0 Å². The monoisotopic (exact) mass is 141 g/mol. The number of fused-ring (bicyclic) bond motifs is 3. The van der Waals surface area contributed by atoms with Crippen LogP contribution in [0, 0.1) is 0 Å². The summed E-state index contributed by atoms with van der Waals surface area (Å²) in [5.41, 5.74) is 12.6. The van der Waals surface area contributed by atoms with Crippen LogP contribution in [-0.4, -0.2) is 30.8 Å². The third-order valence-corrected chi connectivity index (χ3v) is 2.58. The fraction of sp³-hybridized carbons (Fsp3) is 1.00. The number of hydrogen-bond acceptors (Lipinski definition) is 5. The molecule has 3 saturated heterocycles. The molecule has 0 amide bonds. The summed E-state index contributed by atoms with van der Waals surface area (Å²) in [6.45, 7) is 1.06. The number of nitrogens with one attached hydrogen (secondary N) is 5. The minimum Gasteiger partial charge on any atom is -0.298 e. The molecule has 0 aliphatic carbocycles. The SMILES string of the molecule is C1NC2NNC2C2NNC12. The highest BCUT2D eigenvalue weighted by Crippen LogP contribution is 2.16. The van der Waals surface area contributed by atoms with Gasteiger partial charge in [-0.2, -0.15) is 0 Å². The molecule has 5 N–H and O–H groups in total. The molecule has 0 aromatic carbocycles. The van der Waals surface area contributed by atoms with Crippen LogP contribution in [0.2, 0.25) is 0 Å². The lowest BCUT2D eigenvalue weighted by atomic mass is 9.89. The molecule has 3 aliphatic heterocycles. The smallest absolute Gasteiger partial charge is 0.0890 e. The van der Waals surface area contributed by atoms with E-state index in [1.54, 1.807) is 0 Å². The molecule has 4 unspecified atom stereocenters. The summed E-state index contributed by atoms with van der Waals surface area (Å²) in [5.74, 6) is 0. The molecule has 0 radical (unpaired) electrons. The zero-order chi connectivity index (χ0) is 6.55. The summed E-state index contributed by atoms with van der Waals surface area (Å²) in [7, 11) is 0. The molecule has 3 aliphatic rings. The molecular weight excluding hydrogens is 130 g/mol. The van der Waals surface area contributed by atoms with Crippen LogP contribution in [0.5, 0.6) is 0 Å². The van der Waals surface area contributed by atoms with Gasteiger partial charge in [0.15, 0.2) is 0 Å². The molecular formula is C5H11N5. The van der Waals surface area contributed by atoms with Crippen LogP contribution in [0.1, 0.15) is 0 Å². The molecule has 3 heterocycles. The fourth-order valence-corrected chi connectivity index (χ4v) is 1.81. The average Bonchev–Trinajstić information content (AvgIpc) is 1.84. The van der Waals surface area contributed by atoms with Crippen LogP contribution >= 0.6 is 0 Å². The van der Waals surface area contributed by atoms with Gasteiger partial charge in [0, 0.05) is 6.54 Å². The van der Waals surface area contributed by atoms with E-state index in [9.17, 15) is 0 Å². The van der Waals surface area contributed by atoms with Gasteiger partial charge in [-0.15, -0.1) is 0 Å². The van der Waals surface area contributed by atoms with Crippen molar-refractivity contribution in [3.05, 3.63) is 0 Å². The molecule has 5 heteroatoms. The summed E-state index contributed by atoms with van der Waals surface area (Å²) in [6, 6.07) is 1.81. The van der Waals surface area contributed by atoms with Crippen molar-refractivity contribution in [2.45, 2.75) is 24.3 Å². The lowest BCUT2D eigenvalue weighted by Crippen LogP contribution is -2.90. The Kier molecular flexibility index (Phi) is 0.921. The topological polar surface area (TPSA) is 60.1 Å². The Labute approximate surface area is 58.9 Å². The predicted octanol–water partition coefficient (Wildman–Crippen LogP) is -2.76. The number of rotatable bonds is 0. The van der Waals surface area contributed by atoms with E-state index in [2.05, 4.69) is 27.0 Å². The predicted molar refractivity (Wildman–Crippen MR) is 35.7 cm³/mol. The molecule has 0 aromatic rings. The molecule has 4 atom stereocenters. The third kappa shape index (κ3) is 0.502. The highest BCUT2D eigenvalue weighted by atomic mass is 15.6. The Morgan fingerprint density at radius 2 is 1.80 bits per heavy atom. The molecule has 3 fully saturated rings. The minimum atomic E-state index is 0.482. The summed E-state index contributed by atoms with van der Waals surface area (Å²) < 4.78 is 0. The van der Waals surface area contributed by atoms with Crippen molar-refractivity contribution in [1.29, 1.82) is 0 Å². The van der Waals surface area contributed by atoms with Gasteiger partial charge in [0.05, 0.1) is 24.3 Å². The standard InChI is InChI=1S/C5H11N5/c1-2-3(8-7-2)4-5(6-1)10-9-4/h2-10H,1H2. The fourth-order valence-electron chi connectivity index (χ4n) is 1.81. The second-order valence-corrected chi connectivity index (χ2v) is 3.12. The normalized spacial score (nSPS) is 57.6. The van der Waals surface area contributed by atoms with Crippen LogP contribution in [0.15, 0.2) is 0 Å². The number of piperidine rings is 1. The van der Waals surface area contributed by atoms with Gasteiger partial charge in [-0.05, 0) is 0 Å². The average molecular weight is 141 g/mol. The van der Waals surface area contributed by atoms with Gasteiger partial charge in [0.1, 0.15) is 0 Å². The van der Waals surface area contributed by atoms with Gasteiger partial charge in [-0.1, -0.05) is 0 Å². The largest absolute Gasteiger partial charge is 0.298 e. The van der Waals surface area contributed by atoms with E-state index in [4.69, 9.17) is 0 Å². The van der Waals surface area contributed by atoms with Gasteiger partial charge in [-0.25, -0.2) is 10.9 Å². The zero-order valence-electron chi connectivity index (χ0n) is 5.52. The van der Waals surface area contributed by atoms with E-state index in [0.29, 0.717) is 24.3 Å². The van der Waals surface area contributed by atoms with Gasteiger partial charge in [0.25, 0.3) is 0 Å². The lowest BCUT2D eigenvalue weighted by Gasteiger charge is -2.56. The summed E-state index contributed by atoms with van der Waals surface area (Å²) in [4.78, 5) is 0. The highest BCUT2D eigenvalue weighted by molar-refractivity contribution is 5.09. The molecule has 0 spiro atoms. The quantitative estimate of drug-likeness (QED) is 0.253.